The van der Waals surface area contributed by atoms with Crippen LogP contribution < -0.4 is 10.4 Å². The van der Waals surface area contributed by atoms with Crippen molar-refractivity contribution in [2.45, 2.75) is 32.4 Å². The molecule has 0 spiro atoms. The number of likely N-dealkylation sites (tertiary alicyclic amines) is 1. The van der Waals surface area contributed by atoms with E-state index in [0.717, 1.165) is 19.1 Å². The van der Waals surface area contributed by atoms with E-state index in [1.54, 1.807) is 11.0 Å². The molecule has 0 aromatic carbocycles. The molecule has 1 amide bonds. The van der Waals surface area contributed by atoms with Gasteiger partial charge in [0, 0.05) is 31.5 Å². The molecule has 0 unspecified atom stereocenters. The smallest absolute Gasteiger partial charge is 0.339 e. The summed E-state index contributed by atoms with van der Waals surface area (Å²) >= 11 is 0. The molecule has 1 fully saturated rings. The van der Waals surface area contributed by atoms with Gasteiger partial charge >= 0.3 is 5.69 Å². The predicted octanol–water partition coefficient (Wildman–Crippen LogP) is -0.580. The Hall–Kier alpha value is -1.74. The van der Waals surface area contributed by atoms with E-state index in [0.29, 0.717) is 13.1 Å². The first kappa shape index (κ1) is 17.6. The number of amides is 1. The van der Waals surface area contributed by atoms with E-state index in [9.17, 15) is 18.0 Å². The lowest BCUT2D eigenvalue weighted by Crippen LogP contribution is -2.41. The summed E-state index contributed by atoms with van der Waals surface area (Å²) in [6.45, 7) is 2.76. The molecule has 2 atom stereocenters. The van der Waals surface area contributed by atoms with Crippen molar-refractivity contribution in [2.24, 2.45) is 5.92 Å². The summed E-state index contributed by atoms with van der Waals surface area (Å²) < 4.78 is 26.8. The van der Waals surface area contributed by atoms with Gasteiger partial charge < -0.3 is 4.90 Å². The molecule has 1 aromatic heterocycles. The second kappa shape index (κ2) is 7.22. The lowest BCUT2D eigenvalue weighted by atomic mass is 9.99. The molecule has 0 saturated carbocycles. The molecular weight excluding hydrogens is 320 g/mol. The van der Waals surface area contributed by atoms with Crippen molar-refractivity contribution in [1.82, 2.24) is 19.2 Å². The van der Waals surface area contributed by atoms with E-state index in [2.05, 4.69) is 9.71 Å². The summed E-state index contributed by atoms with van der Waals surface area (Å²) in [5.74, 6) is -0.122. The number of carbonyl (C=O) groups excluding carboxylic acids is 1. The molecule has 2 heterocycles. The quantitative estimate of drug-likeness (QED) is 0.745. The number of hydrogen-bond donors (Lipinski definition) is 1. The summed E-state index contributed by atoms with van der Waals surface area (Å²) in [6, 6.07) is 1.31. The minimum atomic E-state index is -3.33. The molecule has 0 aliphatic carbocycles. The van der Waals surface area contributed by atoms with E-state index >= 15 is 0 Å². The van der Waals surface area contributed by atoms with Gasteiger partial charge in [0.25, 0.3) is 0 Å². The zero-order chi connectivity index (χ0) is 17.0. The third-order valence-corrected chi connectivity index (χ3v) is 4.64. The molecule has 1 aliphatic heterocycles. The van der Waals surface area contributed by atoms with E-state index in [4.69, 9.17) is 0 Å². The van der Waals surface area contributed by atoms with Gasteiger partial charge in [0.2, 0.25) is 15.9 Å². The van der Waals surface area contributed by atoms with E-state index in [1.165, 1.54) is 17.0 Å². The molecule has 0 bridgehead atoms. The highest BCUT2D eigenvalue weighted by Gasteiger charge is 2.36. The van der Waals surface area contributed by atoms with Gasteiger partial charge in [0.1, 0.15) is 6.54 Å². The fraction of sp³-hybridized carbons (Fsp3) is 0.643. The second-order valence-electron chi connectivity index (χ2n) is 5.87. The fourth-order valence-corrected chi connectivity index (χ4v) is 3.72. The van der Waals surface area contributed by atoms with Crippen LogP contribution in [0, 0.1) is 5.92 Å². The van der Waals surface area contributed by atoms with E-state index in [1.807, 2.05) is 6.92 Å². The number of nitrogens with zero attached hydrogens (tertiary/aromatic N) is 3. The number of hydrogen-bond acceptors (Lipinski definition) is 5. The van der Waals surface area contributed by atoms with Crippen molar-refractivity contribution in [3.05, 3.63) is 28.9 Å². The first-order chi connectivity index (χ1) is 10.8. The Kier molecular flexibility index (Phi) is 5.53. The van der Waals surface area contributed by atoms with Crippen molar-refractivity contribution in [3.63, 3.8) is 0 Å². The highest BCUT2D eigenvalue weighted by molar-refractivity contribution is 7.88. The molecule has 0 radical (unpaired) electrons. The van der Waals surface area contributed by atoms with Crippen molar-refractivity contribution in [1.29, 1.82) is 0 Å². The summed E-state index contributed by atoms with van der Waals surface area (Å²) in [5, 5.41) is 0. The van der Waals surface area contributed by atoms with Crippen LogP contribution in [0.25, 0.3) is 0 Å². The third-order valence-electron chi connectivity index (χ3n) is 3.91. The Morgan fingerprint density at radius 2 is 2.17 bits per heavy atom. The number of sulfonamides is 1. The van der Waals surface area contributed by atoms with E-state index in [-0.39, 0.29) is 24.4 Å². The minimum absolute atomic E-state index is 0.0862. The van der Waals surface area contributed by atoms with Crippen LogP contribution in [-0.4, -0.2) is 54.2 Å². The molecule has 1 aromatic rings. The molecule has 9 heteroatoms. The summed E-state index contributed by atoms with van der Waals surface area (Å²) in [5.41, 5.74) is -0.476. The predicted molar refractivity (Wildman–Crippen MR) is 85.2 cm³/mol. The SMILES string of the molecule is CCC[C@H]1CN(C(=O)Cn2cccnc2=O)C[C@@H]1NS(C)(=O)=O. The second-order valence-corrected chi connectivity index (χ2v) is 7.65. The Morgan fingerprint density at radius 3 is 2.78 bits per heavy atom. The highest BCUT2D eigenvalue weighted by atomic mass is 32.2. The van der Waals surface area contributed by atoms with Gasteiger partial charge in [-0.1, -0.05) is 13.3 Å². The fourth-order valence-electron chi connectivity index (χ4n) is 2.90. The largest absolute Gasteiger partial charge is 0.347 e. The highest BCUT2D eigenvalue weighted by Crippen LogP contribution is 2.22. The normalized spacial score (nSPS) is 21.6. The van der Waals surface area contributed by atoms with Crippen LogP contribution in [0.15, 0.2) is 23.3 Å². The maximum atomic E-state index is 12.4. The Balaban J connectivity index is 2.07. The first-order valence-corrected chi connectivity index (χ1v) is 9.46. The lowest BCUT2D eigenvalue weighted by Gasteiger charge is -2.17. The van der Waals surface area contributed by atoms with Gasteiger partial charge in [-0.15, -0.1) is 0 Å². The Morgan fingerprint density at radius 1 is 1.43 bits per heavy atom. The van der Waals surface area contributed by atoms with Gasteiger partial charge in [-0.25, -0.2) is 22.9 Å². The van der Waals surface area contributed by atoms with Crippen molar-refractivity contribution in [2.75, 3.05) is 19.3 Å². The summed E-state index contributed by atoms with van der Waals surface area (Å²) in [7, 11) is -3.33. The third kappa shape index (κ3) is 4.87. The molecular formula is C14H22N4O4S. The Labute approximate surface area is 135 Å². The lowest BCUT2D eigenvalue weighted by molar-refractivity contribution is -0.131. The molecule has 8 nitrogen and oxygen atoms in total. The van der Waals surface area contributed by atoms with Crippen LogP contribution in [0.1, 0.15) is 19.8 Å². The number of carbonyl (C=O) groups is 1. The van der Waals surface area contributed by atoms with Crippen LogP contribution >= 0.6 is 0 Å². The van der Waals surface area contributed by atoms with Crippen LogP contribution in [0.5, 0.6) is 0 Å². The average molecular weight is 342 g/mol. The number of aromatic nitrogens is 2. The zero-order valence-electron chi connectivity index (χ0n) is 13.3. The maximum absolute atomic E-state index is 12.4. The van der Waals surface area contributed by atoms with Gasteiger partial charge in [-0.2, -0.15) is 0 Å². The van der Waals surface area contributed by atoms with Crippen molar-refractivity contribution in [3.8, 4) is 0 Å². The monoisotopic (exact) mass is 342 g/mol. The topological polar surface area (TPSA) is 101 Å². The zero-order valence-corrected chi connectivity index (χ0v) is 14.1. The molecule has 23 heavy (non-hydrogen) atoms. The van der Waals surface area contributed by atoms with Gasteiger partial charge in [-0.3, -0.25) is 9.36 Å². The van der Waals surface area contributed by atoms with Gasteiger partial charge in [0.05, 0.1) is 6.26 Å². The first-order valence-electron chi connectivity index (χ1n) is 7.56. The molecule has 1 N–H and O–H groups in total. The van der Waals surface area contributed by atoms with Crippen molar-refractivity contribution >= 4 is 15.9 Å². The minimum Gasteiger partial charge on any atom is -0.339 e. The molecule has 2 rings (SSSR count). The summed E-state index contributed by atoms with van der Waals surface area (Å²) in [6.07, 6.45) is 5.76. The number of nitrogens with one attached hydrogen (secondary N) is 1. The van der Waals surface area contributed by atoms with Crippen LogP contribution in [0.2, 0.25) is 0 Å². The molecule has 1 saturated heterocycles. The van der Waals surface area contributed by atoms with Gasteiger partial charge in [0.15, 0.2) is 0 Å². The average Bonchev–Trinajstić information content (AvgIpc) is 2.83. The van der Waals surface area contributed by atoms with Crippen LogP contribution in [0.4, 0.5) is 0 Å². The van der Waals surface area contributed by atoms with E-state index < -0.39 is 15.7 Å². The van der Waals surface area contributed by atoms with Crippen LogP contribution in [0.3, 0.4) is 0 Å². The van der Waals surface area contributed by atoms with Gasteiger partial charge in [-0.05, 0) is 18.4 Å². The Bertz CT molecular complexity index is 715. The van der Waals surface area contributed by atoms with Crippen molar-refractivity contribution < 1.29 is 13.2 Å². The van der Waals surface area contributed by atoms with Crippen LogP contribution in [-0.2, 0) is 21.4 Å². The maximum Gasteiger partial charge on any atom is 0.347 e. The summed E-state index contributed by atoms with van der Waals surface area (Å²) in [4.78, 5) is 29.2. The number of rotatable bonds is 6. The standard InChI is InChI=1S/C14H22N4O4S/c1-3-5-11-8-18(9-12(11)16-23(2,21)22)13(19)10-17-7-4-6-15-14(17)20/h4,6-7,11-12,16H,3,5,8-10H2,1-2H3/t11-,12-/m0/s1. The molecule has 1 aliphatic rings. The molecule has 128 valence electrons.